The highest BCUT2D eigenvalue weighted by atomic mass is 19.1. The third kappa shape index (κ3) is 6.47. The summed E-state index contributed by atoms with van der Waals surface area (Å²) < 4.78 is 24.7. The van der Waals surface area contributed by atoms with Crippen molar-refractivity contribution in [1.29, 1.82) is 0 Å². The van der Waals surface area contributed by atoms with Crippen LogP contribution in [0.3, 0.4) is 0 Å². The Balaban J connectivity index is 1.96. The quantitative estimate of drug-likeness (QED) is 0.596. The van der Waals surface area contributed by atoms with Gasteiger partial charge in [-0.2, -0.15) is 0 Å². The Hall–Kier alpha value is -2.76. The van der Waals surface area contributed by atoms with Gasteiger partial charge in [0.2, 0.25) is 0 Å². The first kappa shape index (κ1) is 20.6. The molecular formula is C21H28FN3O2. The lowest BCUT2D eigenvalue weighted by molar-refractivity contribution is 0.129. The normalized spacial score (nSPS) is 11.9. The average molecular weight is 373 g/mol. The number of rotatable bonds is 6. The second kappa shape index (κ2) is 9.26. The molecule has 0 bridgehead atoms. The number of benzene rings is 2. The highest BCUT2D eigenvalue weighted by molar-refractivity contribution is 5.79. The van der Waals surface area contributed by atoms with Gasteiger partial charge in [0.15, 0.2) is 17.5 Å². The third-order valence-corrected chi connectivity index (χ3v) is 3.73. The van der Waals surface area contributed by atoms with Crippen molar-refractivity contribution in [3.8, 4) is 11.5 Å². The molecule has 0 saturated carbocycles. The van der Waals surface area contributed by atoms with Crippen LogP contribution in [-0.2, 0) is 13.1 Å². The molecule has 0 aromatic heterocycles. The fraction of sp³-hybridized carbons (Fsp3) is 0.381. The van der Waals surface area contributed by atoms with E-state index in [-0.39, 0.29) is 17.2 Å². The summed E-state index contributed by atoms with van der Waals surface area (Å²) in [4.78, 5) is 4.21. The molecule has 2 aromatic carbocycles. The highest BCUT2D eigenvalue weighted by Gasteiger charge is 2.14. The van der Waals surface area contributed by atoms with Crippen molar-refractivity contribution >= 4 is 5.96 Å². The van der Waals surface area contributed by atoms with Gasteiger partial charge in [0, 0.05) is 25.7 Å². The van der Waals surface area contributed by atoms with Crippen LogP contribution >= 0.6 is 0 Å². The van der Waals surface area contributed by atoms with Gasteiger partial charge in [-0.1, -0.05) is 24.3 Å². The van der Waals surface area contributed by atoms with Crippen molar-refractivity contribution in [1.82, 2.24) is 10.6 Å². The van der Waals surface area contributed by atoms with Gasteiger partial charge in [-0.3, -0.25) is 4.99 Å². The Bertz CT molecular complexity index is 785. The molecule has 0 aliphatic carbocycles. The molecular weight excluding hydrogens is 345 g/mol. The molecule has 0 fully saturated rings. The monoisotopic (exact) mass is 373 g/mol. The Morgan fingerprint density at radius 1 is 1.04 bits per heavy atom. The molecule has 0 saturated heterocycles. The van der Waals surface area contributed by atoms with Crippen LogP contribution in [0.15, 0.2) is 47.5 Å². The van der Waals surface area contributed by atoms with Gasteiger partial charge < -0.3 is 20.1 Å². The molecule has 0 heterocycles. The van der Waals surface area contributed by atoms with Crippen LogP contribution in [-0.4, -0.2) is 25.7 Å². The van der Waals surface area contributed by atoms with Crippen molar-refractivity contribution in [2.24, 2.45) is 4.99 Å². The topological polar surface area (TPSA) is 54.9 Å². The number of para-hydroxylation sites is 1. The number of hydrogen-bond acceptors (Lipinski definition) is 3. The van der Waals surface area contributed by atoms with E-state index >= 15 is 0 Å². The van der Waals surface area contributed by atoms with Gasteiger partial charge in [0.25, 0.3) is 0 Å². The number of ether oxygens (including phenoxy) is 2. The number of halogens is 1. The Morgan fingerprint density at radius 2 is 1.74 bits per heavy atom. The standard InChI is InChI=1S/C21H28FN3O2/c1-21(2,3)27-18-9-7-6-8-16(18)14-25-20(23-4)24-13-15-10-11-19(26-5)17(22)12-15/h6-12H,13-14H2,1-5H3,(H2,23,24,25). The lowest BCUT2D eigenvalue weighted by atomic mass is 10.1. The van der Waals surface area contributed by atoms with E-state index in [0.29, 0.717) is 19.0 Å². The number of hydrogen-bond donors (Lipinski definition) is 2. The van der Waals surface area contributed by atoms with E-state index in [2.05, 4.69) is 15.6 Å². The Labute approximate surface area is 160 Å². The van der Waals surface area contributed by atoms with Crippen molar-refractivity contribution in [2.75, 3.05) is 14.2 Å². The molecule has 0 spiro atoms. The average Bonchev–Trinajstić information content (AvgIpc) is 2.62. The van der Waals surface area contributed by atoms with Crippen LogP contribution in [0.4, 0.5) is 4.39 Å². The van der Waals surface area contributed by atoms with Gasteiger partial charge in [0.05, 0.1) is 7.11 Å². The summed E-state index contributed by atoms with van der Waals surface area (Å²) in [5.41, 5.74) is 1.56. The van der Waals surface area contributed by atoms with Gasteiger partial charge in [0.1, 0.15) is 11.4 Å². The van der Waals surface area contributed by atoms with Gasteiger partial charge in [-0.05, 0) is 44.5 Å². The van der Waals surface area contributed by atoms with Crippen molar-refractivity contribution in [3.05, 3.63) is 59.4 Å². The van der Waals surface area contributed by atoms with E-state index in [4.69, 9.17) is 9.47 Å². The molecule has 0 amide bonds. The summed E-state index contributed by atoms with van der Waals surface area (Å²) in [6.07, 6.45) is 0. The second-order valence-corrected chi connectivity index (χ2v) is 7.07. The number of guanidine groups is 1. The van der Waals surface area contributed by atoms with Gasteiger partial charge >= 0.3 is 0 Å². The summed E-state index contributed by atoms with van der Waals surface area (Å²) in [5, 5.41) is 6.44. The predicted octanol–water partition coefficient (Wildman–Crippen LogP) is 3.88. The number of nitrogens with one attached hydrogen (secondary N) is 2. The molecule has 146 valence electrons. The molecule has 0 unspecified atom stereocenters. The lowest BCUT2D eigenvalue weighted by Crippen LogP contribution is -2.36. The van der Waals surface area contributed by atoms with Crippen molar-refractivity contribution < 1.29 is 13.9 Å². The molecule has 0 aliphatic heterocycles. The van der Waals surface area contributed by atoms with Crippen LogP contribution < -0.4 is 20.1 Å². The first-order chi connectivity index (χ1) is 12.8. The Kier molecular flexibility index (Phi) is 7.05. The fourth-order valence-electron chi connectivity index (χ4n) is 2.48. The van der Waals surface area contributed by atoms with Crippen LogP contribution in [0.1, 0.15) is 31.9 Å². The molecule has 2 N–H and O–H groups in total. The molecule has 6 heteroatoms. The van der Waals surface area contributed by atoms with E-state index in [1.807, 2.05) is 51.1 Å². The van der Waals surface area contributed by atoms with E-state index in [9.17, 15) is 4.39 Å². The maximum absolute atomic E-state index is 13.8. The van der Waals surface area contributed by atoms with Gasteiger partial charge in [-0.25, -0.2) is 4.39 Å². The minimum absolute atomic E-state index is 0.233. The molecule has 27 heavy (non-hydrogen) atoms. The Morgan fingerprint density at radius 3 is 2.37 bits per heavy atom. The zero-order chi connectivity index (χ0) is 19.9. The first-order valence-corrected chi connectivity index (χ1v) is 8.86. The number of aliphatic imine (C=N–C) groups is 1. The molecule has 0 atom stereocenters. The van der Waals surface area contributed by atoms with Gasteiger partial charge in [-0.15, -0.1) is 0 Å². The summed E-state index contributed by atoms with van der Waals surface area (Å²) in [6.45, 7) is 7.06. The third-order valence-electron chi connectivity index (χ3n) is 3.73. The van der Waals surface area contributed by atoms with Crippen LogP contribution in [0.2, 0.25) is 0 Å². The number of nitrogens with zero attached hydrogens (tertiary/aromatic N) is 1. The van der Waals surface area contributed by atoms with Crippen LogP contribution in [0, 0.1) is 5.82 Å². The smallest absolute Gasteiger partial charge is 0.191 e. The van der Waals surface area contributed by atoms with E-state index in [1.54, 1.807) is 13.1 Å². The lowest BCUT2D eigenvalue weighted by Gasteiger charge is -2.23. The summed E-state index contributed by atoms with van der Waals surface area (Å²) in [6, 6.07) is 12.8. The second-order valence-electron chi connectivity index (χ2n) is 7.07. The number of methoxy groups -OCH3 is 1. The van der Waals surface area contributed by atoms with Crippen molar-refractivity contribution in [3.63, 3.8) is 0 Å². The minimum atomic E-state index is -0.381. The zero-order valence-corrected chi connectivity index (χ0v) is 16.6. The maximum Gasteiger partial charge on any atom is 0.191 e. The van der Waals surface area contributed by atoms with E-state index < -0.39 is 0 Å². The highest BCUT2D eigenvalue weighted by Crippen LogP contribution is 2.23. The minimum Gasteiger partial charge on any atom is -0.494 e. The first-order valence-electron chi connectivity index (χ1n) is 8.86. The summed E-state index contributed by atoms with van der Waals surface area (Å²) >= 11 is 0. The zero-order valence-electron chi connectivity index (χ0n) is 16.6. The molecule has 0 aliphatic rings. The summed E-state index contributed by atoms with van der Waals surface area (Å²) in [7, 11) is 3.14. The predicted molar refractivity (Wildman–Crippen MR) is 107 cm³/mol. The maximum atomic E-state index is 13.8. The molecule has 2 aromatic rings. The molecule has 2 rings (SSSR count). The van der Waals surface area contributed by atoms with E-state index in [0.717, 1.165) is 16.9 Å². The SMILES string of the molecule is CN=C(NCc1ccc(OC)c(F)c1)NCc1ccccc1OC(C)(C)C. The molecule has 5 nitrogen and oxygen atoms in total. The van der Waals surface area contributed by atoms with Crippen LogP contribution in [0.25, 0.3) is 0 Å². The largest absolute Gasteiger partial charge is 0.494 e. The fourth-order valence-corrected chi connectivity index (χ4v) is 2.48. The van der Waals surface area contributed by atoms with Crippen LogP contribution in [0.5, 0.6) is 11.5 Å². The van der Waals surface area contributed by atoms with E-state index in [1.165, 1.54) is 13.2 Å². The summed E-state index contributed by atoms with van der Waals surface area (Å²) in [5.74, 6) is 1.31. The van der Waals surface area contributed by atoms with Crippen molar-refractivity contribution in [2.45, 2.75) is 39.5 Å². The molecule has 0 radical (unpaired) electrons.